The second-order valence-electron chi connectivity index (χ2n) is 5.45. The quantitative estimate of drug-likeness (QED) is 0.416. The van der Waals surface area contributed by atoms with Gasteiger partial charge in [0.15, 0.2) is 0 Å². The standard InChI is InChI=1S/C13H18N4O2/c14-16-11-3-1-2-10(13(11)17(18)19)15-12(8-4-5-8)9-6-7-9/h1-3,8-9,12,15-16H,4-7,14H2. The summed E-state index contributed by atoms with van der Waals surface area (Å²) in [5.41, 5.74) is 3.36. The summed E-state index contributed by atoms with van der Waals surface area (Å²) < 4.78 is 0. The second-order valence-corrected chi connectivity index (χ2v) is 5.45. The predicted octanol–water partition coefficient (Wildman–Crippen LogP) is 2.48. The van der Waals surface area contributed by atoms with E-state index in [2.05, 4.69) is 10.7 Å². The van der Waals surface area contributed by atoms with Crippen LogP contribution in [0.2, 0.25) is 0 Å². The molecule has 6 nitrogen and oxygen atoms in total. The number of hydrogen-bond donors (Lipinski definition) is 3. The minimum atomic E-state index is -0.381. The van der Waals surface area contributed by atoms with E-state index in [9.17, 15) is 10.1 Å². The lowest BCUT2D eigenvalue weighted by Gasteiger charge is -2.19. The van der Waals surface area contributed by atoms with Crippen LogP contribution in [-0.2, 0) is 0 Å². The minimum absolute atomic E-state index is 0.0382. The van der Waals surface area contributed by atoms with Crippen LogP contribution in [0.3, 0.4) is 0 Å². The molecule has 6 heteroatoms. The molecule has 2 saturated carbocycles. The SMILES string of the molecule is NNc1cccc(NC(C2CC2)C2CC2)c1[N+](=O)[O-]. The molecule has 0 saturated heterocycles. The van der Waals surface area contributed by atoms with Gasteiger partial charge in [0.05, 0.1) is 4.92 Å². The molecule has 4 N–H and O–H groups in total. The molecule has 0 spiro atoms. The molecule has 0 unspecified atom stereocenters. The molecule has 2 fully saturated rings. The Balaban J connectivity index is 1.88. The maximum Gasteiger partial charge on any atom is 0.316 e. The summed E-state index contributed by atoms with van der Waals surface area (Å²) in [4.78, 5) is 10.8. The molecule has 0 atom stereocenters. The van der Waals surface area contributed by atoms with Crippen LogP contribution in [0.25, 0.3) is 0 Å². The zero-order valence-electron chi connectivity index (χ0n) is 10.6. The van der Waals surface area contributed by atoms with E-state index in [0.717, 1.165) is 0 Å². The van der Waals surface area contributed by atoms with E-state index >= 15 is 0 Å². The normalized spacial score (nSPS) is 18.4. The van der Waals surface area contributed by atoms with Crippen molar-refractivity contribution in [1.82, 2.24) is 0 Å². The number of nitro groups is 1. The molecule has 1 aromatic rings. The highest BCUT2D eigenvalue weighted by molar-refractivity contribution is 5.76. The number of benzene rings is 1. The van der Waals surface area contributed by atoms with E-state index in [1.54, 1.807) is 18.2 Å². The van der Waals surface area contributed by atoms with E-state index in [0.29, 0.717) is 29.3 Å². The van der Waals surface area contributed by atoms with Gasteiger partial charge >= 0.3 is 5.69 Å². The van der Waals surface area contributed by atoms with Gasteiger partial charge in [0.25, 0.3) is 0 Å². The zero-order valence-corrected chi connectivity index (χ0v) is 10.6. The highest BCUT2D eigenvalue weighted by Gasteiger charge is 2.42. The first-order valence-electron chi connectivity index (χ1n) is 6.71. The third kappa shape index (κ3) is 2.49. The highest BCUT2D eigenvalue weighted by atomic mass is 16.6. The van der Waals surface area contributed by atoms with Crippen LogP contribution in [0.4, 0.5) is 17.1 Å². The van der Waals surface area contributed by atoms with Crippen molar-refractivity contribution in [2.75, 3.05) is 10.7 Å². The van der Waals surface area contributed by atoms with E-state index in [1.807, 2.05) is 0 Å². The van der Waals surface area contributed by atoms with Gasteiger partial charge in [0.2, 0.25) is 0 Å². The van der Waals surface area contributed by atoms with Crippen LogP contribution in [0, 0.1) is 22.0 Å². The van der Waals surface area contributed by atoms with Crippen molar-refractivity contribution in [3.8, 4) is 0 Å². The lowest BCUT2D eigenvalue weighted by atomic mass is 10.1. The van der Waals surface area contributed by atoms with Crippen molar-refractivity contribution in [3.05, 3.63) is 28.3 Å². The Bertz CT molecular complexity index is 485. The van der Waals surface area contributed by atoms with Crippen LogP contribution in [0.15, 0.2) is 18.2 Å². The molecule has 3 rings (SSSR count). The minimum Gasteiger partial charge on any atom is -0.376 e. The van der Waals surface area contributed by atoms with E-state index in [1.165, 1.54) is 25.7 Å². The molecule has 0 aliphatic heterocycles. The first-order chi connectivity index (χ1) is 9.20. The molecule has 2 aliphatic carbocycles. The van der Waals surface area contributed by atoms with Crippen molar-refractivity contribution in [2.45, 2.75) is 31.7 Å². The molecule has 2 aliphatic rings. The van der Waals surface area contributed by atoms with Crippen LogP contribution in [-0.4, -0.2) is 11.0 Å². The van der Waals surface area contributed by atoms with Gasteiger partial charge in [0.1, 0.15) is 11.4 Å². The number of nitro benzene ring substituents is 1. The summed E-state index contributed by atoms with van der Waals surface area (Å²) in [6.07, 6.45) is 4.93. The van der Waals surface area contributed by atoms with Gasteiger partial charge < -0.3 is 10.7 Å². The summed E-state index contributed by atoms with van der Waals surface area (Å²) in [6.45, 7) is 0. The largest absolute Gasteiger partial charge is 0.376 e. The molecular weight excluding hydrogens is 244 g/mol. The van der Waals surface area contributed by atoms with Gasteiger partial charge in [-0.2, -0.15) is 0 Å². The van der Waals surface area contributed by atoms with Gasteiger partial charge in [-0.05, 0) is 49.7 Å². The Morgan fingerprint density at radius 3 is 2.26 bits per heavy atom. The highest BCUT2D eigenvalue weighted by Crippen LogP contribution is 2.47. The molecule has 0 amide bonds. The molecular formula is C13H18N4O2. The average molecular weight is 262 g/mol. The molecule has 102 valence electrons. The van der Waals surface area contributed by atoms with Crippen molar-refractivity contribution >= 4 is 17.1 Å². The smallest absolute Gasteiger partial charge is 0.316 e. The fourth-order valence-electron chi connectivity index (χ4n) is 2.68. The second kappa shape index (κ2) is 4.70. The third-order valence-corrected chi connectivity index (χ3v) is 3.96. The lowest BCUT2D eigenvalue weighted by Crippen LogP contribution is -2.25. The van der Waals surface area contributed by atoms with Crippen LogP contribution in [0.1, 0.15) is 25.7 Å². The molecule has 1 aromatic carbocycles. The monoisotopic (exact) mass is 262 g/mol. The van der Waals surface area contributed by atoms with Gasteiger partial charge in [-0.1, -0.05) is 6.07 Å². The van der Waals surface area contributed by atoms with Gasteiger partial charge in [0, 0.05) is 6.04 Å². The molecule has 0 aromatic heterocycles. The maximum absolute atomic E-state index is 11.2. The third-order valence-electron chi connectivity index (χ3n) is 3.96. The predicted molar refractivity (Wildman–Crippen MR) is 73.8 cm³/mol. The van der Waals surface area contributed by atoms with E-state index < -0.39 is 0 Å². The number of nitrogens with zero attached hydrogens (tertiary/aromatic N) is 1. The summed E-state index contributed by atoms with van der Waals surface area (Å²) in [6, 6.07) is 5.54. The zero-order chi connectivity index (χ0) is 13.4. The summed E-state index contributed by atoms with van der Waals surface area (Å²) in [7, 11) is 0. The number of nitrogen functional groups attached to an aromatic ring is 1. The first-order valence-corrected chi connectivity index (χ1v) is 6.71. The Morgan fingerprint density at radius 1 is 1.21 bits per heavy atom. The fraction of sp³-hybridized carbons (Fsp3) is 0.538. The summed E-state index contributed by atoms with van der Waals surface area (Å²) in [5, 5.41) is 14.6. The van der Waals surface area contributed by atoms with Crippen molar-refractivity contribution < 1.29 is 4.92 Å². The number of nitrogens with two attached hydrogens (primary N) is 1. The Kier molecular flexibility index (Phi) is 3.02. The maximum atomic E-state index is 11.2. The van der Waals surface area contributed by atoms with Crippen LogP contribution in [0.5, 0.6) is 0 Å². The topological polar surface area (TPSA) is 93.2 Å². The number of para-hydroxylation sites is 1. The van der Waals surface area contributed by atoms with Crippen LogP contribution < -0.4 is 16.6 Å². The van der Waals surface area contributed by atoms with Crippen molar-refractivity contribution in [1.29, 1.82) is 0 Å². The van der Waals surface area contributed by atoms with Crippen molar-refractivity contribution in [2.24, 2.45) is 17.7 Å². The van der Waals surface area contributed by atoms with Crippen molar-refractivity contribution in [3.63, 3.8) is 0 Å². The molecule has 0 heterocycles. The lowest BCUT2D eigenvalue weighted by molar-refractivity contribution is -0.383. The fourth-order valence-corrected chi connectivity index (χ4v) is 2.68. The van der Waals surface area contributed by atoms with Crippen LogP contribution >= 0.6 is 0 Å². The molecule has 0 bridgehead atoms. The number of hydrazine groups is 1. The number of hydrogen-bond acceptors (Lipinski definition) is 5. The summed E-state index contributed by atoms with van der Waals surface area (Å²) >= 11 is 0. The van der Waals surface area contributed by atoms with Gasteiger partial charge in [-0.15, -0.1) is 0 Å². The first kappa shape index (κ1) is 12.2. The summed E-state index contributed by atoms with van der Waals surface area (Å²) in [5.74, 6) is 6.71. The van der Waals surface area contributed by atoms with Gasteiger partial charge in [-0.3, -0.25) is 16.0 Å². The van der Waals surface area contributed by atoms with E-state index in [4.69, 9.17) is 5.84 Å². The number of nitrogens with one attached hydrogen (secondary N) is 2. The average Bonchev–Trinajstić information content (AvgIpc) is 3.28. The van der Waals surface area contributed by atoms with E-state index in [-0.39, 0.29) is 10.6 Å². The van der Waals surface area contributed by atoms with Gasteiger partial charge in [-0.25, -0.2) is 0 Å². The Labute approximate surface area is 111 Å². The number of anilines is 2. The number of rotatable bonds is 6. The Hall–Kier alpha value is -1.82. The molecule has 19 heavy (non-hydrogen) atoms. The Morgan fingerprint density at radius 2 is 1.79 bits per heavy atom. The molecule has 0 radical (unpaired) electrons.